The van der Waals surface area contributed by atoms with Crippen molar-refractivity contribution in [3.05, 3.63) is 33.1 Å². The molecule has 0 aliphatic heterocycles. The van der Waals surface area contributed by atoms with E-state index < -0.39 is 27.7 Å². The van der Waals surface area contributed by atoms with Crippen LogP contribution >= 0.6 is 11.6 Å². The highest BCUT2D eigenvalue weighted by Crippen LogP contribution is 2.45. The Morgan fingerprint density at radius 3 is 2.15 bits per heavy atom. The molecule has 1 unspecified atom stereocenters. The summed E-state index contributed by atoms with van der Waals surface area (Å²) in [4.78, 5) is 15.1. The molecule has 1 heterocycles. The number of nitro groups is 1. The maximum absolute atomic E-state index is 11.2. The Balaban J connectivity index is 3.11. The lowest BCUT2D eigenvalue weighted by Crippen LogP contribution is -2.46. The van der Waals surface area contributed by atoms with Crippen LogP contribution in [-0.4, -0.2) is 33.1 Å². The van der Waals surface area contributed by atoms with Gasteiger partial charge in [0.25, 0.3) is 5.69 Å². The monoisotopic (exact) mass is 530 g/mol. The van der Waals surface area contributed by atoms with Crippen LogP contribution in [0.4, 0.5) is 5.69 Å². The lowest BCUT2D eigenvalue weighted by molar-refractivity contribution is -0.385. The predicted molar refractivity (Wildman–Crippen MR) is 148 cm³/mol. The summed E-state index contributed by atoms with van der Waals surface area (Å²) in [5.41, 5.74) is 0.388. The second kappa shape index (κ2) is 12.4. The van der Waals surface area contributed by atoms with Crippen molar-refractivity contribution >= 4 is 33.9 Å². The molecule has 0 fully saturated rings. The van der Waals surface area contributed by atoms with Gasteiger partial charge in [0, 0.05) is 6.07 Å². The first kappa shape index (κ1) is 31.2. The number of pyridine rings is 1. The third kappa shape index (κ3) is 8.69. The Morgan fingerprint density at radius 2 is 1.65 bits per heavy atom. The number of rotatable bonds is 14. The second-order valence-corrected chi connectivity index (χ2v) is 21.9. The molecule has 1 rings (SSSR count). The third-order valence-electron chi connectivity index (χ3n) is 7.74. The minimum absolute atomic E-state index is 0.0107. The number of aromatic nitrogens is 1. The molecule has 9 heteroatoms. The van der Waals surface area contributed by atoms with Crippen molar-refractivity contribution in [2.45, 2.75) is 122 Å². The highest BCUT2D eigenvalue weighted by Gasteiger charge is 2.43. The quantitative estimate of drug-likeness (QED) is 0.104. The number of hydrogen-bond acceptors (Lipinski definition) is 5. The molecule has 0 bridgehead atoms. The number of halogens is 1. The van der Waals surface area contributed by atoms with Crippen molar-refractivity contribution in [3.63, 3.8) is 0 Å². The molecule has 0 radical (unpaired) electrons. The topological polar surface area (TPSA) is 74.5 Å². The maximum Gasteiger partial charge on any atom is 0.289 e. The van der Waals surface area contributed by atoms with Crippen LogP contribution in [0.15, 0.2) is 12.3 Å². The van der Waals surface area contributed by atoms with E-state index in [1.165, 1.54) is 44.4 Å². The molecule has 0 saturated carbocycles. The summed E-state index contributed by atoms with van der Waals surface area (Å²) in [6.07, 6.45) is 8.25. The SMILES string of the molecule is CCCCCCCC(C)(C)[Si](C)(C)OCC(O[Si](C)(C)C(C)(C)C)c1ncc([N+](=O)[O-])cc1Cl. The first-order valence-electron chi connectivity index (χ1n) is 12.6. The molecule has 0 aliphatic rings. The summed E-state index contributed by atoms with van der Waals surface area (Å²) >= 11 is 6.49. The molecule has 0 spiro atoms. The van der Waals surface area contributed by atoms with E-state index in [9.17, 15) is 10.1 Å². The Hall–Kier alpha value is -0.806. The minimum atomic E-state index is -2.18. The first-order valence-corrected chi connectivity index (χ1v) is 18.8. The van der Waals surface area contributed by atoms with Crippen molar-refractivity contribution in [3.8, 4) is 0 Å². The van der Waals surface area contributed by atoms with Crippen LogP contribution in [-0.2, 0) is 8.85 Å². The fourth-order valence-electron chi connectivity index (χ4n) is 3.43. The lowest BCUT2D eigenvalue weighted by atomic mass is 10.0. The first-order chi connectivity index (χ1) is 15.4. The molecule has 196 valence electrons. The average Bonchev–Trinajstić information content (AvgIpc) is 2.69. The summed E-state index contributed by atoms with van der Waals surface area (Å²) in [6.45, 7) is 22.7. The number of hydrogen-bond donors (Lipinski definition) is 0. The standard InChI is InChI=1S/C25H47ClN2O4Si2/c1-11-12-13-14-15-16-25(5,6)34(9,10)31-19-22(32-33(7,8)24(2,3)4)23-21(26)17-20(18-27-23)28(29)30/h17-18,22H,11-16,19H2,1-10H3. The van der Waals surface area contributed by atoms with Crippen molar-refractivity contribution in [1.82, 2.24) is 4.98 Å². The largest absolute Gasteiger partial charge is 0.414 e. The van der Waals surface area contributed by atoms with Crippen molar-refractivity contribution in [1.29, 1.82) is 0 Å². The van der Waals surface area contributed by atoms with Gasteiger partial charge < -0.3 is 8.85 Å². The second-order valence-electron chi connectivity index (χ2n) is 12.1. The van der Waals surface area contributed by atoms with E-state index in [0.717, 1.165) is 6.42 Å². The average molecular weight is 531 g/mol. The summed E-state index contributed by atoms with van der Waals surface area (Å²) in [6, 6.07) is 1.36. The zero-order chi connectivity index (χ0) is 26.4. The summed E-state index contributed by atoms with van der Waals surface area (Å²) in [7, 11) is -4.29. The van der Waals surface area contributed by atoms with Crippen LogP contribution in [0.3, 0.4) is 0 Å². The maximum atomic E-state index is 11.2. The predicted octanol–water partition coefficient (Wildman–Crippen LogP) is 9.07. The summed E-state index contributed by atoms with van der Waals surface area (Å²) in [5.74, 6) is 0. The molecule has 34 heavy (non-hydrogen) atoms. The van der Waals surface area contributed by atoms with E-state index in [4.69, 9.17) is 20.5 Å². The van der Waals surface area contributed by atoms with Gasteiger partial charge in [0.2, 0.25) is 0 Å². The van der Waals surface area contributed by atoms with Gasteiger partial charge in [0.1, 0.15) is 12.3 Å². The zero-order valence-corrected chi connectivity index (χ0v) is 25.8. The van der Waals surface area contributed by atoms with Crippen LogP contribution in [0.25, 0.3) is 0 Å². The lowest BCUT2D eigenvalue weighted by Gasteiger charge is -2.42. The number of nitrogens with zero attached hydrogens (tertiary/aromatic N) is 2. The van der Waals surface area contributed by atoms with E-state index in [1.54, 1.807) is 0 Å². The molecule has 0 N–H and O–H groups in total. The Bertz CT molecular complexity index is 811. The Labute approximate surface area is 214 Å². The van der Waals surface area contributed by atoms with Gasteiger partial charge in [-0.25, -0.2) is 4.98 Å². The van der Waals surface area contributed by atoms with E-state index in [-0.39, 0.29) is 20.8 Å². The van der Waals surface area contributed by atoms with Gasteiger partial charge >= 0.3 is 0 Å². The van der Waals surface area contributed by atoms with Crippen LogP contribution in [0.5, 0.6) is 0 Å². The van der Waals surface area contributed by atoms with Crippen molar-refractivity contribution in [2.75, 3.05) is 6.61 Å². The van der Waals surface area contributed by atoms with Gasteiger partial charge in [-0.2, -0.15) is 0 Å². The normalized spacial score (nSPS) is 14.3. The van der Waals surface area contributed by atoms with Gasteiger partial charge in [0.05, 0.1) is 22.2 Å². The highest BCUT2D eigenvalue weighted by atomic mass is 35.5. The Kier molecular flexibility index (Phi) is 11.4. The van der Waals surface area contributed by atoms with Crippen LogP contribution < -0.4 is 0 Å². The smallest absolute Gasteiger partial charge is 0.289 e. The molecule has 0 saturated heterocycles. The molecular formula is C25H47ClN2O4Si2. The molecule has 6 nitrogen and oxygen atoms in total. The fraction of sp³-hybridized carbons (Fsp3) is 0.800. The minimum Gasteiger partial charge on any atom is -0.414 e. The van der Waals surface area contributed by atoms with Gasteiger partial charge in [0.15, 0.2) is 16.6 Å². The molecule has 0 aliphatic carbocycles. The van der Waals surface area contributed by atoms with Crippen molar-refractivity contribution < 1.29 is 13.8 Å². The van der Waals surface area contributed by atoms with Crippen LogP contribution in [0, 0.1) is 10.1 Å². The van der Waals surface area contributed by atoms with Gasteiger partial charge in [-0.3, -0.25) is 10.1 Å². The molecule has 1 aromatic rings. The number of unbranched alkanes of at least 4 members (excludes halogenated alkanes) is 4. The summed E-state index contributed by atoms with van der Waals surface area (Å²) < 4.78 is 13.4. The zero-order valence-electron chi connectivity index (χ0n) is 23.1. The van der Waals surface area contributed by atoms with E-state index in [0.29, 0.717) is 12.3 Å². The third-order valence-corrected chi connectivity index (χ3v) is 16.9. The molecule has 1 atom stereocenters. The molecule has 0 aromatic carbocycles. The Morgan fingerprint density at radius 1 is 1.06 bits per heavy atom. The van der Waals surface area contributed by atoms with Gasteiger partial charge in [-0.05, 0) is 42.7 Å². The summed E-state index contributed by atoms with van der Waals surface area (Å²) in [5, 5.41) is 11.5. The van der Waals surface area contributed by atoms with Crippen LogP contribution in [0.2, 0.25) is 41.3 Å². The molecular weight excluding hydrogens is 484 g/mol. The van der Waals surface area contributed by atoms with Gasteiger partial charge in [-0.1, -0.05) is 85.2 Å². The molecule has 0 amide bonds. The van der Waals surface area contributed by atoms with E-state index in [1.807, 2.05) is 0 Å². The van der Waals surface area contributed by atoms with Gasteiger partial charge in [-0.15, -0.1) is 0 Å². The molecule has 1 aromatic heterocycles. The van der Waals surface area contributed by atoms with E-state index >= 15 is 0 Å². The highest BCUT2D eigenvalue weighted by molar-refractivity contribution is 6.74. The van der Waals surface area contributed by atoms with Crippen LogP contribution in [0.1, 0.15) is 91.9 Å². The van der Waals surface area contributed by atoms with E-state index in [2.05, 4.69) is 72.7 Å². The van der Waals surface area contributed by atoms with Crippen molar-refractivity contribution in [2.24, 2.45) is 0 Å². The fourth-order valence-corrected chi connectivity index (χ4v) is 6.69.